The number of pyridine rings is 1. The van der Waals surface area contributed by atoms with Gasteiger partial charge < -0.3 is 10.4 Å². The number of nitrogens with one attached hydrogen (secondary N) is 1. The second-order valence-corrected chi connectivity index (χ2v) is 6.43. The van der Waals surface area contributed by atoms with Crippen LogP contribution in [0.3, 0.4) is 0 Å². The molecule has 0 aliphatic rings. The fourth-order valence-corrected chi connectivity index (χ4v) is 3.19. The van der Waals surface area contributed by atoms with Crippen molar-refractivity contribution in [2.24, 2.45) is 0 Å². The lowest BCUT2D eigenvalue weighted by Gasteiger charge is -2.20. The molecule has 1 aromatic heterocycles. The van der Waals surface area contributed by atoms with Gasteiger partial charge in [-0.25, -0.2) is 4.39 Å². The Bertz CT molecular complexity index is 820. The summed E-state index contributed by atoms with van der Waals surface area (Å²) in [5.41, 5.74) is 2.88. The molecule has 2 N–H and O–H groups in total. The van der Waals surface area contributed by atoms with Crippen molar-refractivity contribution < 1.29 is 9.50 Å². The normalized spacial score (nSPS) is 13.7. The third kappa shape index (κ3) is 4.41. The monoisotopic (exact) mass is 338 g/mol. The van der Waals surface area contributed by atoms with Crippen LogP contribution in [0.15, 0.2) is 60.8 Å². The molecule has 0 radical (unpaired) electrons. The number of nitrogens with zero attached hydrogens (tertiary/aromatic N) is 1. The molecular weight excluding hydrogens is 315 g/mol. The van der Waals surface area contributed by atoms with Crippen LogP contribution in [-0.4, -0.2) is 22.7 Å². The summed E-state index contributed by atoms with van der Waals surface area (Å²) in [7, 11) is 0. The Balaban J connectivity index is 1.71. The molecule has 0 saturated heterocycles. The molecule has 0 spiro atoms. The minimum atomic E-state index is -0.361. The summed E-state index contributed by atoms with van der Waals surface area (Å²) in [4.78, 5) is 4.33. The predicted molar refractivity (Wildman–Crippen MR) is 98.9 cm³/mol. The summed E-state index contributed by atoms with van der Waals surface area (Å²) >= 11 is 0. The van der Waals surface area contributed by atoms with Crippen molar-refractivity contribution in [3.8, 4) is 0 Å². The number of aliphatic hydroxyl groups excluding tert-OH is 1. The average Bonchev–Trinajstić information content (AvgIpc) is 2.63. The van der Waals surface area contributed by atoms with Crippen LogP contribution in [0.1, 0.15) is 30.4 Å². The molecular formula is C21H23FN2O. The lowest BCUT2D eigenvalue weighted by Crippen LogP contribution is -2.24. The maximum Gasteiger partial charge on any atom is 0.132 e. The lowest BCUT2D eigenvalue weighted by atomic mass is 9.93. The first-order valence-electron chi connectivity index (χ1n) is 8.61. The van der Waals surface area contributed by atoms with E-state index in [4.69, 9.17) is 0 Å². The molecule has 2 unspecified atom stereocenters. The van der Waals surface area contributed by atoms with E-state index in [9.17, 15) is 9.50 Å². The zero-order chi connectivity index (χ0) is 17.6. The van der Waals surface area contributed by atoms with Gasteiger partial charge in [-0.1, -0.05) is 36.4 Å². The average molecular weight is 338 g/mol. The Hall–Kier alpha value is -2.30. The number of aliphatic hydroxyl groups is 1. The number of benzene rings is 2. The van der Waals surface area contributed by atoms with E-state index in [0.29, 0.717) is 23.9 Å². The minimum absolute atomic E-state index is 0.223. The van der Waals surface area contributed by atoms with E-state index in [-0.39, 0.29) is 17.8 Å². The van der Waals surface area contributed by atoms with Gasteiger partial charge in [0.2, 0.25) is 0 Å². The van der Waals surface area contributed by atoms with Crippen molar-refractivity contribution in [1.82, 2.24) is 10.3 Å². The molecule has 3 rings (SSSR count). The molecule has 3 aromatic rings. The van der Waals surface area contributed by atoms with Gasteiger partial charge in [0.25, 0.3) is 0 Å². The first-order chi connectivity index (χ1) is 12.1. The third-order valence-corrected chi connectivity index (χ3v) is 4.40. The van der Waals surface area contributed by atoms with E-state index in [2.05, 4.69) is 22.4 Å². The highest BCUT2D eigenvalue weighted by Crippen LogP contribution is 2.22. The quantitative estimate of drug-likeness (QED) is 0.684. The maximum atomic E-state index is 13.9. The molecule has 2 atom stereocenters. The van der Waals surface area contributed by atoms with Gasteiger partial charge in [0, 0.05) is 24.7 Å². The number of hydrogen-bond acceptors (Lipinski definition) is 3. The molecule has 3 nitrogen and oxygen atoms in total. The van der Waals surface area contributed by atoms with Crippen molar-refractivity contribution in [2.75, 3.05) is 6.54 Å². The first kappa shape index (κ1) is 17.5. The topological polar surface area (TPSA) is 45.1 Å². The van der Waals surface area contributed by atoms with Crippen LogP contribution in [0, 0.1) is 5.82 Å². The highest BCUT2D eigenvalue weighted by Gasteiger charge is 2.14. The van der Waals surface area contributed by atoms with E-state index < -0.39 is 0 Å². The molecule has 130 valence electrons. The highest BCUT2D eigenvalue weighted by molar-refractivity contribution is 5.82. The summed E-state index contributed by atoms with van der Waals surface area (Å²) in [6.07, 6.45) is 2.02. The molecule has 1 heterocycles. The Morgan fingerprint density at radius 3 is 2.64 bits per heavy atom. The minimum Gasteiger partial charge on any atom is -0.393 e. The molecule has 2 aromatic carbocycles. The number of halogens is 1. The van der Waals surface area contributed by atoms with Gasteiger partial charge in [-0.3, -0.25) is 4.98 Å². The zero-order valence-corrected chi connectivity index (χ0v) is 14.3. The second-order valence-electron chi connectivity index (χ2n) is 6.43. The Kier molecular flexibility index (Phi) is 5.74. The summed E-state index contributed by atoms with van der Waals surface area (Å²) in [5, 5.41) is 13.8. The first-order valence-corrected chi connectivity index (χ1v) is 8.61. The summed E-state index contributed by atoms with van der Waals surface area (Å²) in [5.74, 6) is -0.0241. The second kappa shape index (κ2) is 8.19. The van der Waals surface area contributed by atoms with Crippen molar-refractivity contribution in [3.63, 3.8) is 0 Å². The molecule has 0 amide bonds. The molecule has 0 aliphatic carbocycles. The molecule has 0 bridgehead atoms. The van der Waals surface area contributed by atoms with Crippen molar-refractivity contribution in [3.05, 3.63) is 77.7 Å². The predicted octanol–water partition coefficient (Wildman–Crippen LogP) is 4.02. The van der Waals surface area contributed by atoms with E-state index in [1.807, 2.05) is 25.1 Å². The summed E-state index contributed by atoms with van der Waals surface area (Å²) in [6, 6.07) is 17.0. The SMILES string of the molecule is CC(O)CC(CNCc1ccc(F)c2cccnc12)c1ccccc1. The molecule has 0 aliphatic heterocycles. The molecule has 25 heavy (non-hydrogen) atoms. The molecule has 4 heteroatoms. The van der Waals surface area contributed by atoms with Crippen LogP contribution >= 0.6 is 0 Å². The van der Waals surface area contributed by atoms with Crippen molar-refractivity contribution in [2.45, 2.75) is 31.9 Å². The van der Waals surface area contributed by atoms with Gasteiger partial charge in [0.15, 0.2) is 0 Å². The van der Waals surface area contributed by atoms with Gasteiger partial charge in [-0.05, 0) is 48.6 Å². The number of rotatable bonds is 7. The Labute approximate surface area is 147 Å². The molecule has 0 saturated carbocycles. The van der Waals surface area contributed by atoms with Gasteiger partial charge in [0.1, 0.15) is 5.82 Å². The number of fused-ring (bicyclic) bond motifs is 1. The fourth-order valence-electron chi connectivity index (χ4n) is 3.19. The Morgan fingerprint density at radius 1 is 1.08 bits per heavy atom. The summed E-state index contributed by atoms with van der Waals surface area (Å²) < 4.78 is 13.9. The number of aromatic nitrogens is 1. The standard InChI is InChI=1S/C21H23FN2O/c1-15(25)12-18(16-6-3-2-4-7-16)14-23-13-17-9-10-20(22)19-8-5-11-24-21(17)19/h2-11,15,18,23,25H,12-14H2,1H3. The van der Waals surface area contributed by atoms with Crippen LogP contribution in [0.25, 0.3) is 10.9 Å². The van der Waals surface area contributed by atoms with Crippen LogP contribution in [0.4, 0.5) is 4.39 Å². The van der Waals surface area contributed by atoms with Gasteiger partial charge >= 0.3 is 0 Å². The van der Waals surface area contributed by atoms with E-state index in [0.717, 1.165) is 12.1 Å². The van der Waals surface area contributed by atoms with Crippen LogP contribution in [0.5, 0.6) is 0 Å². The largest absolute Gasteiger partial charge is 0.393 e. The van der Waals surface area contributed by atoms with Gasteiger partial charge in [0.05, 0.1) is 11.6 Å². The summed E-state index contributed by atoms with van der Waals surface area (Å²) in [6.45, 7) is 3.16. The van der Waals surface area contributed by atoms with Gasteiger partial charge in [-0.2, -0.15) is 0 Å². The highest BCUT2D eigenvalue weighted by atomic mass is 19.1. The van der Waals surface area contributed by atoms with Crippen molar-refractivity contribution in [1.29, 1.82) is 0 Å². The van der Waals surface area contributed by atoms with E-state index >= 15 is 0 Å². The van der Waals surface area contributed by atoms with Gasteiger partial charge in [-0.15, -0.1) is 0 Å². The van der Waals surface area contributed by atoms with Crippen LogP contribution < -0.4 is 5.32 Å². The number of hydrogen-bond donors (Lipinski definition) is 2. The maximum absolute atomic E-state index is 13.9. The zero-order valence-electron chi connectivity index (χ0n) is 14.3. The van der Waals surface area contributed by atoms with Crippen molar-refractivity contribution >= 4 is 10.9 Å². The van der Waals surface area contributed by atoms with E-state index in [1.54, 1.807) is 24.4 Å². The lowest BCUT2D eigenvalue weighted by molar-refractivity contribution is 0.173. The van der Waals surface area contributed by atoms with E-state index in [1.165, 1.54) is 11.6 Å². The third-order valence-electron chi connectivity index (χ3n) is 4.40. The smallest absolute Gasteiger partial charge is 0.132 e. The van der Waals surface area contributed by atoms with Crippen LogP contribution in [-0.2, 0) is 6.54 Å². The van der Waals surface area contributed by atoms with Crippen LogP contribution in [0.2, 0.25) is 0 Å². The molecule has 0 fully saturated rings. The Morgan fingerprint density at radius 2 is 1.88 bits per heavy atom. The fraction of sp³-hybridized carbons (Fsp3) is 0.286.